The number of hydrogen-bond acceptors (Lipinski definition) is 3. The van der Waals surface area contributed by atoms with Crippen LogP contribution in [0.15, 0.2) is 30.3 Å². The van der Waals surface area contributed by atoms with Crippen molar-refractivity contribution in [1.82, 2.24) is 10.2 Å². The van der Waals surface area contributed by atoms with Crippen molar-refractivity contribution in [1.29, 1.82) is 0 Å². The van der Waals surface area contributed by atoms with Gasteiger partial charge >= 0.3 is 5.97 Å². The molecule has 1 saturated heterocycles. The van der Waals surface area contributed by atoms with Gasteiger partial charge in [-0.3, -0.25) is 14.4 Å². The lowest BCUT2D eigenvalue weighted by atomic mass is 9.80. The molecule has 2 amide bonds. The van der Waals surface area contributed by atoms with Crippen LogP contribution in [0.4, 0.5) is 0 Å². The van der Waals surface area contributed by atoms with Crippen molar-refractivity contribution in [2.45, 2.75) is 39.7 Å². The Hall–Kier alpha value is -2.37. The Balaban J connectivity index is 2.06. The first-order valence-corrected chi connectivity index (χ1v) is 8.63. The number of likely N-dealkylation sites (tertiary alicyclic amines) is 1. The van der Waals surface area contributed by atoms with Crippen LogP contribution in [0.5, 0.6) is 0 Å². The molecule has 0 spiro atoms. The van der Waals surface area contributed by atoms with Gasteiger partial charge in [-0.15, -0.1) is 0 Å². The molecule has 0 aromatic heterocycles. The van der Waals surface area contributed by atoms with Gasteiger partial charge < -0.3 is 15.3 Å². The Kier molecular flexibility index (Phi) is 5.82. The molecule has 1 heterocycles. The Morgan fingerprint density at radius 2 is 1.84 bits per heavy atom. The molecule has 0 bridgehead atoms. The van der Waals surface area contributed by atoms with Crippen LogP contribution < -0.4 is 5.32 Å². The number of nitrogens with zero attached hydrogens (tertiary/aromatic N) is 1. The summed E-state index contributed by atoms with van der Waals surface area (Å²) in [5.74, 6) is -1.88. The van der Waals surface area contributed by atoms with Crippen LogP contribution in [0.2, 0.25) is 0 Å². The molecule has 3 unspecified atom stereocenters. The molecule has 6 nitrogen and oxygen atoms in total. The lowest BCUT2D eigenvalue weighted by Crippen LogP contribution is -2.54. The third-order valence-electron chi connectivity index (χ3n) is 5.05. The Bertz CT molecular complexity index is 646. The number of benzene rings is 1. The molecule has 1 aromatic rings. The minimum atomic E-state index is -0.942. The average Bonchev–Trinajstić information content (AvgIpc) is 2.60. The summed E-state index contributed by atoms with van der Waals surface area (Å²) in [7, 11) is 0. The first-order chi connectivity index (χ1) is 11.7. The van der Waals surface area contributed by atoms with Crippen LogP contribution in [0, 0.1) is 11.3 Å². The molecule has 1 aliphatic rings. The van der Waals surface area contributed by atoms with Crippen molar-refractivity contribution in [2.75, 3.05) is 13.1 Å². The summed E-state index contributed by atoms with van der Waals surface area (Å²) in [6, 6.07) is 8.56. The van der Waals surface area contributed by atoms with Crippen molar-refractivity contribution < 1.29 is 19.5 Å². The van der Waals surface area contributed by atoms with Gasteiger partial charge in [-0.25, -0.2) is 0 Å². The number of carbonyl (C=O) groups excluding carboxylic acids is 2. The molecule has 6 heteroatoms. The normalized spacial score (nSPS) is 22.8. The van der Waals surface area contributed by atoms with E-state index in [9.17, 15) is 14.4 Å². The first kappa shape index (κ1) is 19.0. The zero-order valence-electron chi connectivity index (χ0n) is 15.0. The summed E-state index contributed by atoms with van der Waals surface area (Å²) in [6.07, 6.45) is 1.41. The first-order valence-electron chi connectivity index (χ1n) is 8.63. The van der Waals surface area contributed by atoms with E-state index < -0.39 is 23.3 Å². The summed E-state index contributed by atoms with van der Waals surface area (Å²) in [4.78, 5) is 38.2. The number of rotatable bonds is 5. The van der Waals surface area contributed by atoms with E-state index in [1.807, 2.05) is 25.1 Å². The molecule has 3 atom stereocenters. The number of carboxylic acids is 1. The Morgan fingerprint density at radius 3 is 2.44 bits per heavy atom. The standard InChI is InChI=1S/C19H26N2O4/c1-13(17(23)24)14(2)20-18(25)19(3)10-7-11-21(12-19)16(22)15-8-5-4-6-9-15/h4-6,8-9,13-14H,7,10-12H2,1-3H3,(H,20,25)(H,23,24). The number of hydrogen-bond donors (Lipinski definition) is 2. The van der Waals surface area contributed by atoms with Crippen LogP contribution in [-0.2, 0) is 9.59 Å². The van der Waals surface area contributed by atoms with E-state index in [1.165, 1.54) is 0 Å². The average molecular weight is 346 g/mol. The second kappa shape index (κ2) is 7.68. The molecule has 0 aliphatic carbocycles. The third-order valence-corrected chi connectivity index (χ3v) is 5.05. The lowest BCUT2D eigenvalue weighted by Gasteiger charge is -2.40. The molecule has 1 aromatic carbocycles. The van der Waals surface area contributed by atoms with E-state index in [2.05, 4.69) is 5.32 Å². The van der Waals surface area contributed by atoms with Gasteiger partial charge in [0.2, 0.25) is 5.91 Å². The maximum atomic E-state index is 12.7. The highest BCUT2D eigenvalue weighted by atomic mass is 16.4. The smallest absolute Gasteiger partial charge is 0.308 e. The number of carbonyl (C=O) groups is 3. The van der Waals surface area contributed by atoms with E-state index in [0.29, 0.717) is 25.1 Å². The second-order valence-corrected chi connectivity index (χ2v) is 7.15. The fourth-order valence-corrected chi connectivity index (χ4v) is 3.08. The van der Waals surface area contributed by atoms with Crippen LogP contribution in [0.1, 0.15) is 44.0 Å². The van der Waals surface area contributed by atoms with Gasteiger partial charge in [0, 0.05) is 24.7 Å². The van der Waals surface area contributed by atoms with Crippen LogP contribution in [0.25, 0.3) is 0 Å². The summed E-state index contributed by atoms with van der Waals surface area (Å²) in [6.45, 7) is 6.06. The molecular weight excluding hydrogens is 320 g/mol. The number of aliphatic carboxylic acids is 1. The van der Waals surface area contributed by atoms with Gasteiger partial charge in [0.25, 0.3) is 5.91 Å². The molecule has 25 heavy (non-hydrogen) atoms. The van der Waals surface area contributed by atoms with Crippen LogP contribution >= 0.6 is 0 Å². The zero-order chi connectivity index (χ0) is 18.6. The summed E-state index contributed by atoms with van der Waals surface area (Å²) >= 11 is 0. The maximum Gasteiger partial charge on any atom is 0.308 e. The molecule has 0 saturated carbocycles. The minimum absolute atomic E-state index is 0.0775. The number of nitrogens with one attached hydrogen (secondary N) is 1. The summed E-state index contributed by atoms with van der Waals surface area (Å²) in [5, 5.41) is 11.9. The second-order valence-electron chi connectivity index (χ2n) is 7.15. The number of carboxylic acid groups (broad SMARTS) is 1. The predicted octanol–water partition coefficient (Wildman–Crippen LogP) is 2.15. The molecule has 1 fully saturated rings. The third kappa shape index (κ3) is 4.38. The van der Waals surface area contributed by atoms with Crippen molar-refractivity contribution in [2.24, 2.45) is 11.3 Å². The van der Waals surface area contributed by atoms with Crippen molar-refractivity contribution >= 4 is 17.8 Å². The van der Waals surface area contributed by atoms with Crippen molar-refractivity contribution in [3.05, 3.63) is 35.9 Å². The fraction of sp³-hybridized carbons (Fsp3) is 0.526. The Morgan fingerprint density at radius 1 is 1.20 bits per heavy atom. The van der Waals surface area contributed by atoms with Gasteiger partial charge in [-0.1, -0.05) is 18.2 Å². The minimum Gasteiger partial charge on any atom is -0.481 e. The number of piperidine rings is 1. The topological polar surface area (TPSA) is 86.7 Å². The van der Waals surface area contributed by atoms with Crippen molar-refractivity contribution in [3.63, 3.8) is 0 Å². The van der Waals surface area contributed by atoms with Gasteiger partial charge in [0.1, 0.15) is 0 Å². The molecule has 136 valence electrons. The molecule has 1 aliphatic heterocycles. The summed E-state index contributed by atoms with van der Waals surface area (Å²) < 4.78 is 0. The van der Waals surface area contributed by atoms with Gasteiger partial charge in [0.15, 0.2) is 0 Å². The maximum absolute atomic E-state index is 12.7. The fourth-order valence-electron chi connectivity index (χ4n) is 3.08. The van der Waals surface area contributed by atoms with Crippen LogP contribution in [0.3, 0.4) is 0 Å². The highest BCUT2D eigenvalue weighted by Crippen LogP contribution is 2.31. The SMILES string of the molecule is CC(NC(=O)C1(C)CCCN(C(=O)c2ccccc2)C1)C(C)C(=O)O. The predicted molar refractivity (Wildman–Crippen MR) is 94.1 cm³/mol. The van der Waals surface area contributed by atoms with Gasteiger partial charge in [0.05, 0.1) is 11.3 Å². The Labute approximate surface area is 148 Å². The molecular formula is C19H26N2O4. The molecule has 2 N–H and O–H groups in total. The largest absolute Gasteiger partial charge is 0.481 e. The quantitative estimate of drug-likeness (QED) is 0.855. The lowest BCUT2D eigenvalue weighted by molar-refractivity contribution is -0.142. The summed E-state index contributed by atoms with van der Waals surface area (Å²) in [5.41, 5.74) is -0.102. The van der Waals surface area contributed by atoms with E-state index in [-0.39, 0.29) is 11.8 Å². The highest BCUT2D eigenvalue weighted by molar-refractivity contribution is 5.95. The van der Waals surface area contributed by atoms with Gasteiger partial charge in [-0.05, 0) is 45.7 Å². The van der Waals surface area contributed by atoms with E-state index in [4.69, 9.17) is 5.11 Å². The van der Waals surface area contributed by atoms with E-state index >= 15 is 0 Å². The van der Waals surface area contributed by atoms with E-state index in [1.54, 1.807) is 30.9 Å². The van der Waals surface area contributed by atoms with Crippen LogP contribution in [-0.4, -0.2) is 46.9 Å². The molecule has 0 radical (unpaired) electrons. The van der Waals surface area contributed by atoms with Gasteiger partial charge in [-0.2, -0.15) is 0 Å². The van der Waals surface area contributed by atoms with Crippen molar-refractivity contribution in [3.8, 4) is 0 Å². The van der Waals surface area contributed by atoms with E-state index in [0.717, 1.165) is 6.42 Å². The highest BCUT2D eigenvalue weighted by Gasteiger charge is 2.40. The monoisotopic (exact) mass is 346 g/mol. The number of amides is 2. The molecule has 2 rings (SSSR count). The zero-order valence-corrected chi connectivity index (χ0v) is 15.0.